The predicted octanol–water partition coefficient (Wildman–Crippen LogP) is 5.69. The zero-order valence-corrected chi connectivity index (χ0v) is 20.1. The Morgan fingerprint density at radius 3 is 1.94 bits per heavy atom. The molecule has 0 bridgehead atoms. The van der Waals surface area contributed by atoms with E-state index < -0.39 is 51.9 Å². The predicted molar refractivity (Wildman–Crippen MR) is 118 cm³/mol. The van der Waals surface area contributed by atoms with Crippen LogP contribution in [0.5, 0.6) is 0 Å². The molecule has 2 unspecified atom stereocenters. The third-order valence-electron chi connectivity index (χ3n) is 5.78. The van der Waals surface area contributed by atoms with Crippen molar-refractivity contribution in [2.75, 3.05) is 0 Å². The van der Waals surface area contributed by atoms with Crippen molar-refractivity contribution in [2.24, 2.45) is 5.92 Å². The Hall–Kier alpha value is -2.44. The van der Waals surface area contributed by atoms with Crippen molar-refractivity contribution in [2.45, 2.75) is 62.5 Å². The third-order valence-corrected chi connectivity index (χ3v) is 6.86. The molecule has 1 fully saturated rings. The van der Waals surface area contributed by atoms with Gasteiger partial charge in [0.1, 0.15) is 0 Å². The first-order chi connectivity index (χ1) is 16.7. The summed E-state index contributed by atoms with van der Waals surface area (Å²) in [6.45, 7) is 2.14. The van der Waals surface area contributed by atoms with Crippen molar-refractivity contribution in [3.8, 4) is 0 Å². The van der Waals surface area contributed by atoms with Gasteiger partial charge in [0, 0.05) is 22.9 Å². The number of ether oxygens (including phenoxy) is 1. The zero-order valence-electron chi connectivity index (χ0n) is 19.3. The standard InChI is InChI=1S/C24H25F6NO4S/c1-14(2)35-22(23(25,26)27,24(28,29)30)19-11-9-18(10-12-19)21(32)31-13-15-3-5-16(6-4-15)20(36(33)34)17-7-8-17/h3-6,9-12,14,17,20H,7-8,13H2,1-2H3,(H,31,32)(H,33,34)/p-1. The second kappa shape index (κ2) is 10.5. The molecule has 2 atom stereocenters. The third kappa shape index (κ3) is 5.92. The molecule has 12 heteroatoms. The molecule has 1 aliphatic carbocycles. The van der Waals surface area contributed by atoms with Gasteiger partial charge in [-0.25, -0.2) is 0 Å². The van der Waals surface area contributed by atoms with Crippen molar-refractivity contribution in [1.82, 2.24) is 5.32 Å². The maximum absolute atomic E-state index is 13.7. The Morgan fingerprint density at radius 1 is 1.00 bits per heavy atom. The summed E-state index contributed by atoms with van der Waals surface area (Å²) >= 11 is -2.26. The van der Waals surface area contributed by atoms with E-state index in [1.54, 1.807) is 24.3 Å². The smallest absolute Gasteiger partial charge is 0.430 e. The maximum atomic E-state index is 13.7. The molecule has 1 N–H and O–H groups in total. The lowest BCUT2D eigenvalue weighted by Crippen LogP contribution is -2.57. The molecule has 0 heterocycles. The lowest BCUT2D eigenvalue weighted by atomic mass is 9.90. The topological polar surface area (TPSA) is 78.5 Å². The van der Waals surface area contributed by atoms with E-state index in [0.29, 0.717) is 23.3 Å². The van der Waals surface area contributed by atoms with Crippen LogP contribution < -0.4 is 5.32 Å². The molecule has 1 aliphatic rings. The lowest BCUT2D eigenvalue weighted by Gasteiger charge is -2.38. The van der Waals surface area contributed by atoms with Crippen LogP contribution in [0.4, 0.5) is 26.3 Å². The summed E-state index contributed by atoms with van der Waals surface area (Å²) in [7, 11) is 0. The van der Waals surface area contributed by atoms with Gasteiger partial charge in [-0.15, -0.1) is 0 Å². The summed E-state index contributed by atoms with van der Waals surface area (Å²) in [5, 5.41) is 1.95. The number of halogens is 6. The molecule has 0 spiro atoms. The van der Waals surface area contributed by atoms with Crippen LogP contribution in [0.3, 0.4) is 0 Å². The van der Waals surface area contributed by atoms with Gasteiger partial charge in [0.05, 0.1) is 6.10 Å². The minimum Gasteiger partial charge on any atom is -0.772 e. The monoisotopic (exact) mass is 536 g/mol. The number of nitrogens with one attached hydrogen (secondary N) is 1. The number of alkyl halides is 6. The molecule has 0 radical (unpaired) electrons. The van der Waals surface area contributed by atoms with Crippen LogP contribution in [0.15, 0.2) is 48.5 Å². The van der Waals surface area contributed by atoms with Gasteiger partial charge in [-0.1, -0.05) is 36.4 Å². The molecule has 198 valence electrons. The summed E-state index contributed by atoms with van der Waals surface area (Å²) in [6, 6.07) is 9.48. The van der Waals surface area contributed by atoms with E-state index in [1.165, 1.54) is 0 Å². The SMILES string of the molecule is CC(C)OC(c1ccc(C(=O)NCc2ccc(C(C3CC3)S(=O)[O-])cc2)cc1)(C(F)(F)F)C(F)(F)F. The first-order valence-electron chi connectivity index (χ1n) is 11.0. The highest BCUT2D eigenvalue weighted by molar-refractivity contribution is 7.79. The van der Waals surface area contributed by atoms with Gasteiger partial charge >= 0.3 is 12.4 Å². The van der Waals surface area contributed by atoms with E-state index in [4.69, 9.17) is 0 Å². The van der Waals surface area contributed by atoms with Crippen LogP contribution in [0.2, 0.25) is 0 Å². The molecule has 0 aromatic heterocycles. The highest BCUT2D eigenvalue weighted by Gasteiger charge is 2.73. The number of rotatable bonds is 9. The summed E-state index contributed by atoms with van der Waals surface area (Å²) in [5.74, 6) is -0.618. The number of amides is 1. The van der Waals surface area contributed by atoms with Crippen molar-refractivity contribution >= 4 is 17.0 Å². The lowest BCUT2D eigenvalue weighted by molar-refractivity contribution is -0.396. The Kier molecular flexibility index (Phi) is 8.21. The number of carbonyl (C=O) groups is 1. The minimum absolute atomic E-state index is 0.0148. The number of benzene rings is 2. The molecule has 2 aromatic rings. The summed E-state index contributed by atoms with van der Waals surface area (Å²) in [5.41, 5.74) is -4.61. The quantitative estimate of drug-likeness (QED) is 0.330. The van der Waals surface area contributed by atoms with Crippen LogP contribution in [0.25, 0.3) is 0 Å². The fraction of sp³-hybridized carbons (Fsp3) is 0.458. The van der Waals surface area contributed by atoms with E-state index in [1.807, 2.05) is 0 Å². The highest BCUT2D eigenvalue weighted by atomic mass is 32.2. The zero-order chi connectivity index (χ0) is 26.9. The van der Waals surface area contributed by atoms with Gasteiger partial charge in [-0.2, -0.15) is 26.3 Å². The maximum Gasteiger partial charge on any atom is 0.430 e. The molecular weight excluding hydrogens is 512 g/mol. The normalized spacial score (nSPS) is 16.6. The van der Waals surface area contributed by atoms with E-state index in [0.717, 1.165) is 38.8 Å². The molecule has 1 amide bonds. The van der Waals surface area contributed by atoms with Gasteiger partial charge in [0.2, 0.25) is 0 Å². The van der Waals surface area contributed by atoms with Crippen molar-refractivity contribution in [3.05, 3.63) is 70.8 Å². The summed E-state index contributed by atoms with van der Waals surface area (Å²) in [4.78, 5) is 12.4. The average molecular weight is 537 g/mol. The van der Waals surface area contributed by atoms with Crippen LogP contribution in [-0.4, -0.2) is 33.1 Å². The highest BCUT2D eigenvalue weighted by Crippen LogP contribution is 2.53. The fourth-order valence-corrected chi connectivity index (χ4v) is 4.91. The molecule has 2 aromatic carbocycles. The van der Waals surface area contributed by atoms with Crippen LogP contribution in [0, 0.1) is 5.92 Å². The van der Waals surface area contributed by atoms with Crippen LogP contribution >= 0.6 is 0 Å². The number of hydrogen-bond donors (Lipinski definition) is 1. The first-order valence-corrected chi connectivity index (χ1v) is 12.2. The van der Waals surface area contributed by atoms with Crippen molar-refractivity contribution in [3.63, 3.8) is 0 Å². The van der Waals surface area contributed by atoms with Gasteiger partial charge in [0.25, 0.3) is 11.5 Å². The summed E-state index contributed by atoms with van der Waals surface area (Å²) in [6.07, 6.45) is -11.3. The Labute approximate surface area is 206 Å². The van der Waals surface area contributed by atoms with Gasteiger partial charge in [-0.3, -0.25) is 9.00 Å². The molecule has 5 nitrogen and oxygen atoms in total. The first kappa shape index (κ1) is 28.1. The molecule has 36 heavy (non-hydrogen) atoms. The van der Waals surface area contributed by atoms with Crippen molar-refractivity contribution in [1.29, 1.82) is 0 Å². The molecule has 0 saturated heterocycles. The molecular formula is C24H24F6NO4S-. The van der Waals surface area contributed by atoms with E-state index in [9.17, 15) is 39.9 Å². The van der Waals surface area contributed by atoms with E-state index in [2.05, 4.69) is 10.1 Å². The average Bonchev–Trinajstić information content (AvgIpc) is 3.60. The summed E-state index contributed by atoms with van der Waals surface area (Å²) < 4.78 is 110. The van der Waals surface area contributed by atoms with Crippen LogP contribution in [0.1, 0.15) is 59.0 Å². The van der Waals surface area contributed by atoms with Gasteiger partial charge < -0.3 is 14.6 Å². The Bertz CT molecular complexity index is 1070. The largest absolute Gasteiger partial charge is 0.772 e. The number of carbonyl (C=O) groups excluding carboxylic acids is 1. The number of hydrogen-bond acceptors (Lipinski definition) is 4. The van der Waals surface area contributed by atoms with Gasteiger partial charge in [0.15, 0.2) is 0 Å². The Morgan fingerprint density at radius 2 is 1.53 bits per heavy atom. The fourth-order valence-electron chi connectivity index (χ4n) is 3.95. The minimum atomic E-state index is -5.80. The Balaban J connectivity index is 1.74. The van der Waals surface area contributed by atoms with E-state index in [-0.39, 0.29) is 18.0 Å². The van der Waals surface area contributed by atoms with E-state index >= 15 is 0 Å². The molecule has 0 aliphatic heterocycles. The van der Waals surface area contributed by atoms with Crippen molar-refractivity contribution < 1.29 is 44.6 Å². The molecule has 1 saturated carbocycles. The second-order valence-electron chi connectivity index (χ2n) is 8.86. The van der Waals surface area contributed by atoms with Gasteiger partial charge in [-0.05, 0) is 66.9 Å². The second-order valence-corrected chi connectivity index (χ2v) is 9.89. The van der Waals surface area contributed by atoms with Crippen LogP contribution in [-0.2, 0) is 28.0 Å². The molecule has 3 rings (SSSR count).